The number of hydrogen-bond donors (Lipinski definition) is 0. The van der Waals surface area contributed by atoms with Crippen LogP contribution in [0.5, 0.6) is 0 Å². The van der Waals surface area contributed by atoms with E-state index in [0.29, 0.717) is 5.56 Å². The number of nitrogens with zero attached hydrogens (tertiary/aromatic N) is 2. The lowest BCUT2D eigenvalue weighted by molar-refractivity contribution is 0.218. The van der Waals surface area contributed by atoms with Crippen LogP contribution in [0.3, 0.4) is 0 Å². The van der Waals surface area contributed by atoms with Gasteiger partial charge in [0.2, 0.25) is 0 Å². The van der Waals surface area contributed by atoms with Gasteiger partial charge < -0.3 is 4.90 Å². The summed E-state index contributed by atoms with van der Waals surface area (Å²) in [7, 11) is 0. The van der Waals surface area contributed by atoms with Crippen LogP contribution in [0, 0.1) is 6.92 Å². The number of anilines is 1. The highest BCUT2D eigenvalue weighted by atomic mass is 15.5. The highest BCUT2D eigenvalue weighted by molar-refractivity contribution is 5.57. The summed E-state index contributed by atoms with van der Waals surface area (Å²) >= 11 is 0. The standard InChI is InChI=1S/C19H22N2/c1-13-8-4-7-11-18(13)21-14(2)19-17-10-6-5-9-16(17)12-20(19)15(21)3/h4-11,14-15,19H,12H2,1-3H3/t14-,15?,19?/m0/s1/i3D3,12D2. The maximum Gasteiger partial charge on any atom is 0.0804 e. The summed E-state index contributed by atoms with van der Waals surface area (Å²) in [5, 5.41) is 0. The molecule has 4 rings (SSSR count). The molecule has 21 heavy (non-hydrogen) atoms. The van der Waals surface area contributed by atoms with Gasteiger partial charge in [-0.2, -0.15) is 0 Å². The lowest BCUT2D eigenvalue weighted by Gasteiger charge is -2.31. The van der Waals surface area contributed by atoms with E-state index in [1.165, 1.54) is 0 Å². The van der Waals surface area contributed by atoms with Gasteiger partial charge >= 0.3 is 0 Å². The predicted molar refractivity (Wildman–Crippen MR) is 87.3 cm³/mol. The van der Waals surface area contributed by atoms with Crippen molar-refractivity contribution in [1.82, 2.24) is 4.90 Å². The third kappa shape index (κ3) is 1.75. The fourth-order valence-corrected chi connectivity index (χ4v) is 3.63. The Bertz CT molecular complexity index is 848. The van der Waals surface area contributed by atoms with Crippen LogP contribution in [0.2, 0.25) is 0 Å². The second-order valence-corrected chi connectivity index (χ2v) is 5.86. The molecule has 2 aromatic rings. The summed E-state index contributed by atoms with van der Waals surface area (Å²) in [4.78, 5) is 3.45. The molecular weight excluding hydrogens is 256 g/mol. The summed E-state index contributed by atoms with van der Waals surface area (Å²) in [5.41, 5.74) is 3.30. The van der Waals surface area contributed by atoms with Crippen LogP contribution in [0.15, 0.2) is 48.5 Å². The van der Waals surface area contributed by atoms with Gasteiger partial charge in [0.1, 0.15) is 0 Å². The van der Waals surface area contributed by atoms with Crippen LogP contribution in [0.1, 0.15) is 43.4 Å². The molecule has 0 amide bonds. The summed E-state index contributed by atoms with van der Waals surface area (Å²) in [6.45, 7) is -0.217. The Morgan fingerprint density at radius 1 is 1.14 bits per heavy atom. The maximum absolute atomic E-state index is 8.72. The van der Waals surface area contributed by atoms with E-state index in [9.17, 15) is 0 Å². The predicted octanol–water partition coefficient (Wildman–Crippen LogP) is 4.11. The molecule has 1 saturated heterocycles. The minimum Gasteiger partial charge on any atom is -0.351 e. The number of benzene rings is 2. The molecule has 0 radical (unpaired) electrons. The molecule has 2 heterocycles. The first kappa shape index (κ1) is 8.60. The zero-order chi connectivity index (χ0) is 18.9. The van der Waals surface area contributed by atoms with E-state index in [1.807, 2.05) is 61.2 Å². The molecule has 2 heteroatoms. The Labute approximate surface area is 134 Å². The van der Waals surface area contributed by atoms with Gasteiger partial charge in [0, 0.05) is 25.1 Å². The minimum absolute atomic E-state index is 0.166. The van der Waals surface area contributed by atoms with Crippen molar-refractivity contribution in [2.24, 2.45) is 0 Å². The summed E-state index contributed by atoms with van der Waals surface area (Å²) in [5.74, 6) is 0. The molecule has 108 valence electrons. The number of hydrogen-bond acceptors (Lipinski definition) is 2. The summed E-state index contributed by atoms with van der Waals surface area (Å²) in [6.07, 6.45) is -1.02. The van der Waals surface area contributed by atoms with Crippen LogP contribution >= 0.6 is 0 Å². The lowest BCUT2D eigenvalue weighted by atomic mass is 9.99. The zero-order valence-corrected chi connectivity index (χ0v) is 12.2. The minimum atomic E-state index is -2.35. The van der Waals surface area contributed by atoms with Crippen molar-refractivity contribution in [1.29, 1.82) is 0 Å². The van der Waals surface area contributed by atoms with E-state index < -0.39 is 19.5 Å². The molecule has 2 aromatic carbocycles. The topological polar surface area (TPSA) is 6.48 Å². The number of rotatable bonds is 1. The number of aryl methyl sites for hydroxylation is 1. The van der Waals surface area contributed by atoms with E-state index in [0.717, 1.165) is 16.8 Å². The highest BCUT2D eigenvalue weighted by Crippen LogP contribution is 2.47. The average Bonchev–Trinajstić information content (AvgIpc) is 3.00. The van der Waals surface area contributed by atoms with Crippen molar-refractivity contribution >= 4 is 5.69 Å². The van der Waals surface area contributed by atoms with Crippen molar-refractivity contribution in [3.63, 3.8) is 0 Å². The Balaban J connectivity index is 1.94. The van der Waals surface area contributed by atoms with Gasteiger partial charge in [0.25, 0.3) is 0 Å². The van der Waals surface area contributed by atoms with Gasteiger partial charge in [0.15, 0.2) is 0 Å². The molecule has 0 N–H and O–H groups in total. The molecular formula is C19H22N2. The second-order valence-electron chi connectivity index (χ2n) is 5.86. The maximum atomic E-state index is 8.72. The van der Waals surface area contributed by atoms with E-state index in [-0.39, 0.29) is 12.1 Å². The van der Waals surface area contributed by atoms with Crippen molar-refractivity contribution in [3.05, 3.63) is 65.2 Å². The van der Waals surface area contributed by atoms with Crippen molar-refractivity contribution in [3.8, 4) is 0 Å². The zero-order valence-electron chi connectivity index (χ0n) is 17.2. The van der Waals surface area contributed by atoms with Gasteiger partial charge in [-0.25, -0.2) is 0 Å². The van der Waals surface area contributed by atoms with Crippen LogP contribution in [0.25, 0.3) is 0 Å². The Morgan fingerprint density at radius 2 is 1.90 bits per heavy atom. The van der Waals surface area contributed by atoms with E-state index >= 15 is 0 Å². The van der Waals surface area contributed by atoms with Gasteiger partial charge in [-0.05, 0) is 43.5 Å². The second kappa shape index (κ2) is 4.60. The fourth-order valence-electron chi connectivity index (χ4n) is 3.63. The van der Waals surface area contributed by atoms with Crippen LogP contribution < -0.4 is 4.90 Å². The van der Waals surface area contributed by atoms with Gasteiger partial charge in [-0.1, -0.05) is 42.5 Å². The first-order valence-corrected chi connectivity index (χ1v) is 7.37. The molecule has 0 bridgehead atoms. The third-order valence-electron chi connectivity index (χ3n) is 4.64. The monoisotopic (exact) mass is 283 g/mol. The lowest BCUT2D eigenvalue weighted by Crippen LogP contribution is -2.37. The number of para-hydroxylation sites is 1. The van der Waals surface area contributed by atoms with Gasteiger partial charge in [0.05, 0.1) is 12.2 Å². The molecule has 0 aromatic heterocycles. The van der Waals surface area contributed by atoms with Gasteiger partial charge in [-0.15, -0.1) is 0 Å². The normalized spacial score (nSPS) is 34.3. The van der Waals surface area contributed by atoms with Crippen LogP contribution in [0.4, 0.5) is 5.69 Å². The Hall–Kier alpha value is -1.80. The fraction of sp³-hybridized carbons (Fsp3) is 0.368. The first-order valence-electron chi connectivity index (χ1n) is 9.87. The molecule has 3 atom stereocenters. The van der Waals surface area contributed by atoms with E-state index in [2.05, 4.69) is 0 Å². The molecule has 2 aliphatic rings. The van der Waals surface area contributed by atoms with Crippen LogP contribution in [-0.4, -0.2) is 17.1 Å². The molecule has 0 spiro atoms. The molecule has 2 aliphatic heterocycles. The third-order valence-corrected chi connectivity index (χ3v) is 4.64. The van der Waals surface area contributed by atoms with Gasteiger partial charge in [-0.3, -0.25) is 4.90 Å². The van der Waals surface area contributed by atoms with Crippen LogP contribution in [-0.2, 0) is 6.50 Å². The quantitative estimate of drug-likeness (QED) is 0.777. The van der Waals surface area contributed by atoms with Crippen molar-refractivity contribution < 1.29 is 6.85 Å². The largest absolute Gasteiger partial charge is 0.351 e. The Morgan fingerprint density at radius 3 is 2.71 bits per heavy atom. The average molecular weight is 283 g/mol. The van der Waals surface area contributed by atoms with Crippen molar-refractivity contribution in [2.75, 3.05) is 4.90 Å². The molecule has 2 nitrogen and oxygen atoms in total. The van der Waals surface area contributed by atoms with Crippen molar-refractivity contribution in [2.45, 2.75) is 45.4 Å². The molecule has 1 fully saturated rings. The van der Waals surface area contributed by atoms with E-state index in [1.54, 1.807) is 11.0 Å². The number of fused-ring (bicyclic) bond motifs is 3. The molecule has 0 aliphatic carbocycles. The first-order chi connectivity index (χ1) is 12.2. The summed E-state index contributed by atoms with van der Waals surface area (Å²) < 4.78 is 42.0. The Kier molecular flexibility index (Phi) is 1.88. The molecule has 0 saturated carbocycles. The SMILES string of the molecule is [2H]C([2H])([2H])C1N(c2ccccc2C)[C@@H](C)C2c3ccccc3C([2H])([2H])N21. The highest BCUT2D eigenvalue weighted by Gasteiger charge is 2.47. The van der Waals surface area contributed by atoms with E-state index in [4.69, 9.17) is 6.85 Å². The smallest absolute Gasteiger partial charge is 0.0804 e. The molecule has 2 unspecified atom stereocenters. The summed E-state index contributed by atoms with van der Waals surface area (Å²) in [6, 6.07) is 14.7.